The molecule has 186 valence electrons. The predicted octanol–water partition coefficient (Wildman–Crippen LogP) is 4.30. The minimum atomic E-state index is -0.409. The van der Waals surface area contributed by atoms with E-state index in [9.17, 15) is 14.0 Å². The van der Waals surface area contributed by atoms with Gasteiger partial charge in [0.05, 0.1) is 25.5 Å². The van der Waals surface area contributed by atoms with Gasteiger partial charge in [-0.05, 0) is 35.9 Å². The van der Waals surface area contributed by atoms with E-state index in [2.05, 4.69) is 5.10 Å². The van der Waals surface area contributed by atoms with Crippen LogP contribution in [0.4, 0.5) is 4.39 Å². The maximum Gasteiger partial charge on any atom is 0.262 e. The van der Waals surface area contributed by atoms with Gasteiger partial charge in [0.1, 0.15) is 18.1 Å². The van der Waals surface area contributed by atoms with Crippen molar-refractivity contribution in [2.24, 2.45) is 5.10 Å². The Morgan fingerprint density at radius 1 is 1.00 bits per heavy atom. The normalized spacial score (nSPS) is 14.9. The molecular formula is C28H28FN3O4. The van der Waals surface area contributed by atoms with E-state index in [-0.39, 0.29) is 31.5 Å². The molecule has 1 aliphatic heterocycles. The van der Waals surface area contributed by atoms with E-state index in [0.29, 0.717) is 29.0 Å². The maximum absolute atomic E-state index is 14.5. The second kappa shape index (κ2) is 11.6. The molecule has 1 heterocycles. The van der Waals surface area contributed by atoms with Gasteiger partial charge in [-0.1, -0.05) is 48.5 Å². The summed E-state index contributed by atoms with van der Waals surface area (Å²) in [7, 11) is 3.09. The van der Waals surface area contributed by atoms with E-state index in [4.69, 9.17) is 9.47 Å². The fourth-order valence-electron chi connectivity index (χ4n) is 4.14. The zero-order valence-corrected chi connectivity index (χ0v) is 20.3. The van der Waals surface area contributed by atoms with Crippen LogP contribution in [-0.4, -0.2) is 61.4 Å². The highest BCUT2D eigenvalue weighted by atomic mass is 19.1. The molecule has 0 spiro atoms. The van der Waals surface area contributed by atoms with Crippen LogP contribution in [-0.2, 0) is 9.53 Å². The molecule has 0 bridgehead atoms. The summed E-state index contributed by atoms with van der Waals surface area (Å²) in [4.78, 5) is 28.3. The van der Waals surface area contributed by atoms with E-state index in [1.807, 2.05) is 30.3 Å². The van der Waals surface area contributed by atoms with Gasteiger partial charge in [-0.15, -0.1) is 0 Å². The van der Waals surface area contributed by atoms with Gasteiger partial charge >= 0.3 is 0 Å². The summed E-state index contributed by atoms with van der Waals surface area (Å²) in [6.07, 6.45) is 0.362. The Kier molecular flexibility index (Phi) is 8.07. The highest BCUT2D eigenvalue weighted by molar-refractivity contribution is 6.04. The standard InChI is InChI=1S/C28H28FN3O4/c1-35-17-16-31(28(34)21-12-14-22(36-2)15-13-21)19-27(33)32-26(20-8-4-3-5-9-20)18-25(30-32)23-10-6-7-11-24(23)29/h3-15,26H,16-19H2,1-2H3. The molecule has 0 aliphatic carbocycles. The lowest BCUT2D eigenvalue weighted by atomic mass is 9.98. The zero-order valence-electron chi connectivity index (χ0n) is 20.3. The number of hydrazone groups is 1. The number of benzene rings is 3. The molecule has 0 aromatic heterocycles. The van der Waals surface area contributed by atoms with Gasteiger partial charge in [-0.3, -0.25) is 9.59 Å². The van der Waals surface area contributed by atoms with Crippen molar-refractivity contribution in [3.63, 3.8) is 0 Å². The second-order valence-electron chi connectivity index (χ2n) is 8.34. The van der Waals surface area contributed by atoms with Crippen LogP contribution in [0.3, 0.4) is 0 Å². The first-order valence-electron chi connectivity index (χ1n) is 11.6. The third-order valence-corrected chi connectivity index (χ3v) is 6.05. The van der Waals surface area contributed by atoms with Crippen LogP contribution >= 0.6 is 0 Å². The van der Waals surface area contributed by atoms with Crippen molar-refractivity contribution in [2.75, 3.05) is 33.9 Å². The molecule has 0 N–H and O–H groups in total. The Morgan fingerprint density at radius 3 is 2.36 bits per heavy atom. The molecule has 7 nitrogen and oxygen atoms in total. The van der Waals surface area contributed by atoms with Crippen molar-refractivity contribution < 1.29 is 23.5 Å². The van der Waals surface area contributed by atoms with Gasteiger partial charge in [0, 0.05) is 31.2 Å². The molecular weight excluding hydrogens is 461 g/mol. The van der Waals surface area contributed by atoms with Crippen molar-refractivity contribution in [1.82, 2.24) is 9.91 Å². The van der Waals surface area contributed by atoms with Crippen molar-refractivity contribution in [2.45, 2.75) is 12.5 Å². The van der Waals surface area contributed by atoms with E-state index < -0.39 is 11.9 Å². The minimum Gasteiger partial charge on any atom is -0.497 e. The molecule has 2 amide bonds. The predicted molar refractivity (Wildman–Crippen MR) is 134 cm³/mol. The number of nitrogens with zero attached hydrogens (tertiary/aromatic N) is 3. The first kappa shape index (κ1) is 25.1. The van der Waals surface area contributed by atoms with Gasteiger partial charge in [0.25, 0.3) is 11.8 Å². The van der Waals surface area contributed by atoms with Gasteiger partial charge in [0.15, 0.2) is 0 Å². The number of ether oxygens (including phenoxy) is 2. The zero-order chi connectivity index (χ0) is 25.5. The van der Waals surface area contributed by atoms with E-state index >= 15 is 0 Å². The summed E-state index contributed by atoms with van der Waals surface area (Å²) in [5.41, 5.74) is 2.15. The van der Waals surface area contributed by atoms with E-state index in [0.717, 1.165) is 5.56 Å². The number of halogens is 1. The highest BCUT2D eigenvalue weighted by Gasteiger charge is 2.35. The van der Waals surface area contributed by atoms with Crippen molar-refractivity contribution in [1.29, 1.82) is 0 Å². The SMILES string of the molecule is COCCN(CC(=O)N1N=C(c2ccccc2F)CC1c1ccccc1)C(=O)c1ccc(OC)cc1. The summed E-state index contributed by atoms with van der Waals surface area (Å²) in [6, 6.07) is 22.2. The number of hydrogen-bond donors (Lipinski definition) is 0. The summed E-state index contributed by atoms with van der Waals surface area (Å²) < 4.78 is 24.9. The van der Waals surface area contributed by atoms with Gasteiger partial charge in [-0.25, -0.2) is 9.40 Å². The molecule has 36 heavy (non-hydrogen) atoms. The number of amides is 2. The third-order valence-electron chi connectivity index (χ3n) is 6.05. The van der Waals surface area contributed by atoms with Crippen LogP contribution in [0.5, 0.6) is 5.75 Å². The van der Waals surface area contributed by atoms with Crippen molar-refractivity contribution in [3.8, 4) is 5.75 Å². The number of carbonyl (C=O) groups is 2. The molecule has 0 saturated carbocycles. The van der Waals surface area contributed by atoms with Crippen molar-refractivity contribution in [3.05, 3.63) is 101 Å². The topological polar surface area (TPSA) is 71.4 Å². The van der Waals surface area contributed by atoms with Gasteiger partial charge in [0.2, 0.25) is 0 Å². The molecule has 1 unspecified atom stereocenters. The summed E-state index contributed by atoms with van der Waals surface area (Å²) in [5.74, 6) is -0.442. The number of methoxy groups -OCH3 is 2. The molecule has 0 radical (unpaired) electrons. The van der Waals surface area contributed by atoms with Crippen LogP contribution in [0.25, 0.3) is 0 Å². The van der Waals surface area contributed by atoms with E-state index in [1.54, 1.807) is 49.6 Å². The fourth-order valence-corrected chi connectivity index (χ4v) is 4.14. The van der Waals surface area contributed by atoms with Crippen molar-refractivity contribution >= 4 is 17.5 Å². The Hall–Kier alpha value is -4.04. The number of hydrogen-bond acceptors (Lipinski definition) is 5. The smallest absolute Gasteiger partial charge is 0.262 e. The molecule has 3 aromatic carbocycles. The van der Waals surface area contributed by atoms with Crippen LogP contribution in [0.15, 0.2) is 84.0 Å². The second-order valence-corrected chi connectivity index (χ2v) is 8.34. The quantitative estimate of drug-likeness (QED) is 0.449. The van der Waals surface area contributed by atoms with Crippen LogP contribution in [0.1, 0.15) is 33.9 Å². The Balaban J connectivity index is 1.61. The monoisotopic (exact) mass is 489 g/mol. The van der Waals surface area contributed by atoms with Crippen LogP contribution in [0, 0.1) is 5.82 Å². The van der Waals surface area contributed by atoms with E-state index in [1.165, 1.54) is 23.1 Å². The van der Waals surface area contributed by atoms with Gasteiger partial charge in [-0.2, -0.15) is 5.10 Å². The summed E-state index contributed by atoms with van der Waals surface area (Å²) in [6.45, 7) is 0.285. The first-order chi connectivity index (χ1) is 17.5. The number of carbonyl (C=O) groups excluding carboxylic acids is 2. The fraction of sp³-hybridized carbons (Fsp3) is 0.250. The minimum absolute atomic E-state index is 0.203. The Bertz CT molecular complexity index is 1230. The Labute approximate surface area is 209 Å². The Morgan fingerprint density at radius 2 is 1.69 bits per heavy atom. The lowest BCUT2D eigenvalue weighted by Crippen LogP contribution is -2.42. The largest absolute Gasteiger partial charge is 0.497 e. The lowest BCUT2D eigenvalue weighted by Gasteiger charge is -2.27. The third kappa shape index (κ3) is 5.60. The number of rotatable bonds is 9. The average Bonchev–Trinajstić information content (AvgIpc) is 3.37. The maximum atomic E-state index is 14.5. The average molecular weight is 490 g/mol. The van der Waals surface area contributed by atoms with Crippen LogP contribution in [0.2, 0.25) is 0 Å². The van der Waals surface area contributed by atoms with Crippen LogP contribution < -0.4 is 4.74 Å². The summed E-state index contributed by atoms with van der Waals surface area (Å²) >= 11 is 0. The molecule has 4 rings (SSSR count). The molecule has 0 fully saturated rings. The molecule has 1 aliphatic rings. The molecule has 0 saturated heterocycles. The first-order valence-corrected chi connectivity index (χ1v) is 11.6. The summed E-state index contributed by atoms with van der Waals surface area (Å²) in [5, 5.41) is 5.91. The molecule has 1 atom stereocenters. The van der Waals surface area contributed by atoms with Gasteiger partial charge < -0.3 is 14.4 Å². The lowest BCUT2D eigenvalue weighted by molar-refractivity contribution is -0.133. The highest BCUT2D eigenvalue weighted by Crippen LogP contribution is 2.33. The molecule has 8 heteroatoms. The molecule has 3 aromatic rings.